The van der Waals surface area contributed by atoms with Gasteiger partial charge in [-0.05, 0) is 19.3 Å². The molecule has 1 aliphatic carbocycles. The summed E-state index contributed by atoms with van der Waals surface area (Å²) < 4.78 is 0. The molecule has 0 aliphatic heterocycles. The molecule has 3 nitrogen and oxygen atoms in total. The molecule has 0 saturated heterocycles. The summed E-state index contributed by atoms with van der Waals surface area (Å²) in [7, 11) is 0. The fourth-order valence-corrected chi connectivity index (χ4v) is 1.22. The van der Waals surface area contributed by atoms with Crippen molar-refractivity contribution in [2.45, 2.75) is 25.3 Å². The number of nitrogens with zero attached hydrogens (tertiary/aromatic N) is 2. The lowest BCUT2D eigenvalue weighted by atomic mass is 9.93. The molecule has 0 atom stereocenters. The molecule has 0 radical (unpaired) electrons. The third kappa shape index (κ3) is 1.67. The van der Waals surface area contributed by atoms with Crippen molar-refractivity contribution in [1.82, 2.24) is 9.97 Å². The Morgan fingerprint density at radius 1 is 1.33 bits per heavy atom. The number of anilines is 1. The van der Waals surface area contributed by atoms with Gasteiger partial charge in [0.2, 0.25) is 5.95 Å². The molecular weight excluding hydrogens is 174 g/mol. The Bertz CT molecular complexity index is 256. The van der Waals surface area contributed by atoms with E-state index in [1.165, 1.54) is 19.3 Å². The lowest BCUT2D eigenvalue weighted by Gasteiger charge is -2.26. The highest BCUT2D eigenvalue weighted by Gasteiger charge is 2.17. The average Bonchev–Trinajstić information content (AvgIpc) is 2.00. The molecule has 12 heavy (non-hydrogen) atoms. The first-order valence-electron chi connectivity index (χ1n) is 4.09. The van der Waals surface area contributed by atoms with Gasteiger partial charge in [0.05, 0.1) is 17.4 Å². The standard InChI is InChI=1S/C8H10ClN3/c9-6-4-10-8(11-5-6)12-7-2-1-3-7/h4-5,7H,1-3H2,(H,10,11,12). The van der Waals surface area contributed by atoms with Crippen LogP contribution in [0.1, 0.15) is 19.3 Å². The summed E-state index contributed by atoms with van der Waals surface area (Å²) in [4.78, 5) is 8.09. The third-order valence-electron chi connectivity index (χ3n) is 2.06. The molecule has 1 aromatic rings. The van der Waals surface area contributed by atoms with Crippen LogP contribution in [0.25, 0.3) is 0 Å². The highest BCUT2D eigenvalue weighted by molar-refractivity contribution is 6.30. The highest BCUT2D eigenvalue weighted by atomic mass is 35.5. The van der Waals surface area contributed by atoms with E-state index in [1.54, 1.807) is 12.4 Å². The van der Waals surface area contributed by atoms with Gasteiger partial charge in [0, 0.05) is 6.04 Å². The fourth-order valence-electron chi connectivity index (χ4n) is 1.12. The maximum absolute atomic E-state index is 5.64. The van der Waals surface area contributed by atoms with Crippen LogP contribution in [0.2, 0.25) is 5.02 Å². The van der Waals surface area contributed by atoms with E-state index in [0.29, 0.717) is 17.0 Å². The first-order chi connectivity index (χ1) is 5.84. The van der Waals surface area contributed by atoms with E-state index in [4.69, 9.17) is 11.6 Å². The Morgan fingerprint density at radius 3 is 2.50 bits per heavy atom. The van der Waals surface area contributed by atoms with Crippen LogP contribution in [0.4, 0.5) is 5.95 Å². The zero-order chi connectivity index (χ0) is 8.39. The molecule has 0 bridgehead atoms. The molecule has 1 N–H and O–H groups in total. The van der Waals surface area contributed by atoms with Crippen molar-refractivity contribution in [3.63, 3.8) is 0 Å². The van der Waals surface area contributed by atoms with Gasteiger partial charge >= 0.3 is 0 Å². The summed E-state index contributed by atoms with van der Waals surface area (Å²) >= 11 is 5.64. The van der Waals surface area contributed by atoms with Crippen LogP contribution in [0.3, 0.4) is 0 Å². The van der Waals surface area contributed by atoms with Gasteiger partial charge in [0.1, 0.15) is 0 Å². The largest absolute Gasteiger partial charge is 0.351 e. The van der Waals surface area contributed by atoms with Crippen molar-refractivity contribution in [2.24, 2.45) is 0 Å². The topological polar surface area (TPSA) is 37.8 Å². The lowest BCUT2D eigenvalue weighted by Crippen LogP contribution is -2.27. The third-order valence-corrected chi connectivity index (χ3v) is 2.25. The normalized spacial score (nSPS) is 17.1. The number of hydrogen-bond donors (Lipinski definition) is 1. The molecule has 1 fully saturated rings. The summed E-state index contributed by atoms with van der Waals surface area (Å²) in [6.07, 6.45) is 6.98. The van der Waals surface area contributed by atoms with E-state index in [1.807, 2.05) is 0 Å². The SMILES string of the molecule is Clc1cnc(NC2CCC2)nc1. The molecule has 2 rings (SSSR count). The Hall–Kier alpha value is -0.830. The zero-order valence-electron chi connectivity index (χ0n) is 6.63. The van der Waals surface area contributed by atoms with Crippen molar-refractivity contribution in [3.8, 4) is 0 Å². The van der Waals surface area contributed by atoms with Crippen LogP contribution in [0.15, 0.2) is 12.4 Å². The van der Waals surface area contributed by atoms with Crippen LogP contribution in [0.5, 0.6) is 0 Å². The molecule has 1 aromatic heterocycles. The van der Waals surface area contributed by atoms with Gasteiger partial charge in [0.25, 0.3) is 0 Å². The molecule has 4 heteroatoms. The van der Waals surface area contributed by atoms with E-state index in [2.05, 4.69) is 15.3 Å². The van der Waals surface area contributed by atoms with Crippen molar-refractivity contribution >= 4 is 17.5 Å². The van der Waals surface area contributed by atoms with E-state index in [0.717, 1.165) is 0 Å². The molecule has 0 unspecified atom stereocenters. The van der Waals surface area contributed by atoms with Gasteiger partial charge in [0.15, 0.2) is 0 Å². The van der Waals surface area contributed by atoms with Crippen molar-refractivity contribution in [2.75, 3.05) is 5.32 Å². The minimum Gasteiger partial charge on any atom is -0.351 e. The van der Waals surface area contributed by atoms with E-state index < -0.39 is 0 Å². The second-order valence-electron chi connectivity index (χ2n) is 3.00. The maximum Gasteiger partial charge on any atom is 0.222 e. The van der Waals surface area contributed by atoms with Gasteiger partial charge in [-0.2, -0.15) is 0 Å². The molecular formula is C8H10ClN3. The first-order valence-corrected chi connectivity index (χ1v) is 4.46. The molecule has 1 aliphatic rings. The highest BCUT2D eigenvalue weighted by Crippen LogP contribution is 2.21. The first kappa shape index (κ1) is 7.80. The molecule has 1 heterocycles. The summed E-state index contributed by atoms with van der Waals surface area (Å²) in [5.74, 6) is 0.684. The minimum atomic E-state index is 0.575. The Balaban J connectivity index is 1.98. The van der Waals surface area contributed by atoms with Crippen LogP contribution >= 0.6 is 11.6 Å². The predicted octanol–water partition coefficient (Wildman–Crippen LogP) is 2.09. The lowest BCUT2D eigenvalue weighted by molar-refractivity contribution is 0.443. The molecule has 1 saturated carbocycles. The van der Waals surface area contributed by atoms with Gasteiger partial charge in [-0.25, -0.2) is 9.97 Å². The van der Waals surface area contributed by atoms with Gasteiger partial charge in [-0.15, -0.1) is 0 Å². The van der Waals surface area contributed by atoms with Crippen LogP contribution in [-0.2, 0) is 0 Å². The number of halogens is 1. The smallest absolute Gasteiger partial charge is 0.222 e. The number of nitrogens with one attached hydrogen (secondary N) is 1. The molecule has 64 valence electrons. The summed E-state index contributed by atoms with van der Waals surface area (Å²) in [6, 6.07) is 0.575. The van der Waals surface area contributed by atoms with Crippen LogP contribution in [0, 0.1) is 0 Å². The number of aromatic nitrogens is 2. The van der Waals surface area contributed by atoms with Gasteiger partial charge < -0.3 is 5.32 Å². The maximum atomic E-state index is 5.64. The van der Waals surface area contributed by atoms with Crippen molar-refractivity contribution in [1.29, 1.82) is 0 Å². The van der Waals surface area contributed by atoms with Gasteiger partial charge in [-0.1, -0.05) is 11.6 Å². The Kier molecular flexibility index (Phi) is 2.13. The van der Waals surface area contributed by atoms with Crippen LogP contribution in [-0.4, -0.2) is 16.0 Å². The minimum absolute atomic E-state index is 0.575. The van der Waals surface area contributed by atoms with E-state index in [9.17, 15) is 0 Å². The molecule has 0 amide bonds. The second-order valence-corrected chi connectivity index (χ2v) is 3.43. The summed E-state index contributed by atoms with van der Waals surface area (Å²) in [5.41, 5.74) is 0. The fraction of sp³-hybridized carbons (Fsp3) is 0.500. The Morgan fingerprint density at radius 2 is 2.00 bits per heavy atom. The quantitative estimate of drug-likeness (QED) is 0.763. The second kappa shape index (κ2) is 3.27. The molecule has 0 aromatic carbocycles. The van der Waals surface area contributed by atoms with Crippen LogP contribution < -0.4 is 5.32 Å². The number of rotatable bonds is 2. The summed E-state index contributed by atoms with van der Waals surface area (Å²) in [5, 5.41) is 3.80. The molecule has 0 spiro atoms. The summed E-state index contributed by atoms with van der Waals surface area (Å²) in [6.45, 7) is 0. The monoisotopic (exact) mass is 183 g/mol. The average molecular weight is 184 g/mol. The Labute approximate surface area is 76.2 Å². The van der Waals surface area contributed by atoms with E-state index in [-0.39, 0.29) is 0 Å². The number of hydrogen-bond acceptors (Lipinski definition) is 3. The zero-order valence-corrected chi connectivity index (χ0v) is 7.38. The van der Waals surface area contributed by atoms with Crippen molar-refractivity contribution < 1.29 is 0 Å². The predicted molar refractivity (Wildman–Crippen MR) is 48.3 cm³/mol. The van der Waals surface area contributed by atoms with Gasteiger partial charge in [-0.3, -0.25) is 0 Å². The van der Waals surface area contributed by atoms with Crippen molar-refractivity contribution in [3.05, 3.63) is 17.4 Å². The van der Waals surface area contributed by atoms with E-state index >= 15 is 0 Å².